The van der Waals surface area contributed by atoms with Gasteiger partial charge in [0.25, 0.3) is 0 Å². The minimum atomic E-state index is -1.88. The van der Waals surface area contributed by atoms with Crippen molar-refractivity contribution in [2.75, 3.05) is 7.05 Å². The molecule has 8 atom stereocenters. The molecular weight excluding hydrogens is 631 g/mol. The Morgan fingerprint density at radius 2 is 1.39 bits per heavy atom. The maximum Gasteiger partial charge on any atom is 0.178 e. The van der Waals surface area contributed by atoms with Gasteiger partial charge in [-0.15, -0.1) is 6.58 Å². The highest BCUT2D eigenvalue weighted by molar-refractivity contribution is 6.11. The molecule has 1 fully saturated rings. The van der Waals surface area contributed by atoms with E-state index in [1.54, 1.807) is 0 Å². The van der Waals surface area contributed by atoms with Crippen molar-refractivity contribution in [1.82, 2.24) is 5.32 Å². The Morgan fingerprint density at radius 1 is 0.882 bits per heavy atom. The lowest BCUT2D eigenvalue weighted by Crippen LogP contribution is -2.48. The van der Waals surface area contributed by atoms with Crippen LogP contribution >= 0.6 is 0 Å². The van der Waals surface area contributed by atoms with Gasteiger partial charge in [0.1, 0.15) is 0 Å². The van der Waals surface area contributed by atoms with E-state index < -0.39 is 5.60 Å². The molecule has 0 bridgehead atoms. The summed E-state index contributed by atoms with van der Waals surface area (Å²) in [4.78, 5) is 25.1. The minimum absolute atomic E-state index is 0.152. The molecular formula is C46H93NO4. The van der Waals surface area contributed by atoms with Crippen LogP contribution in [0, 0.1) is 29.6 Å². The standard InChI is InChI=1S/C19H32O3.C8H17NO.C8H18.C5H10.C4H10.C2H6/c1-11-8-12(2)13(3)10-17(20)19(7,22)18(21)16(6)15(5)14(4)9-11;1-6-4-8(9-3)5-7(2)10-6;1-4-6-7-8(3)5-2;1-3-5-4-2;1-3-4-2;1-2/h11,14-16,22H,8-10H2,1-7H3;6-9H,4-5H2,1-3H3;8H,4-7H2,1-3H3;3H,1,4-5H2,2H3;3-4H2,1-2H3;1-2H3/b13-12-;;;;;/t11?,14?,15?,16?,19-;;;;;/m0...../s1. The van der Waals surface area contributed by atoms with Gasteiger partial charge in [-0.05, 0) is 97.4 Å². The number of hydrogen-bond donors (Lipinski definition) is 2. The second-order valence-electron chi connectivity index (χ2n) is 15.7. The molecule has 2 N–H and O–H groups in total. The number of carbonyl (C=O) groups excluding carboxylic acids is 2. The smallest absolute Gasteiger partial charge is 0.178 e. The summed E-state index contributed by atoms with van der Waals surface area (Å²) in [5.74, 6) is 0.988. The van der Waals surface area contributed by atoms with Crippen molar-refractivity contribution < 1.29 is 19.4 Å². The summed E-state index contributed by atoms with van der Waals surface area (Å²) in [7, 11) is 2.02. The molecule has 7 unspecified atom stereocenters. The van der Waals surface area contributed by atoms with Crippen LogP contribution in [-0.4, -0.2) is 47.6 Å². The van der Waals surface area contributed by atoms with Crippen molar-refractivity contribution in [2.45, 2.75) is 225 Å². The number of unbranched alkanes of at least 4 members (excludes halogenated alkanes) is 3. The summed E-state index contributed by atoms with van der Waals surface area (Å²) in [6, 6.07) is 0.666. The van der Waals surface area contributed by atoms with E-state index >= 15 is 0 Å². The van der Waals surface area contributed by atoms with Crippen molar-refractivity contribution in [3.63, 3.8) is 0 Å². The van der Waals surface area contributed by atoms with Crippen molar-refractivity contribution in [1.29, 1.82) is 0 Å². The van der Waals surface area contributed by atoms with Gasteiger partial charge in [-0.2, -0.15) is 0 Å². The van der Waals surface area contributed by atoms with E-state index in [0.29, 0.717) is 30.1 Å². The zero-order valence-corrected chi connectivity index (χ0v) is 37.8. The van der Waals surface area contributed by atoms with Crippen molar-refractivity contribution in [3.05, 3.63) is 23.8 Å². The molecule has 5 heteroatoms. The van der Waals surface area contributed by atoms with Crippen LogP contribution in [0.1, 0.15) is 201 Å². The average molecular weight is 724 g/mol. The Bertz CT molecular complexity index is 866. The van der Waals surface area contributed by atoms with Crippen molar-refractivity contribution >= 4 is 11.6 Å². The molecule has 0 spiro atoms. The van der Waals surface area contributed by atoms with E-state index in [-0.39, 0.29) is 29.8 Å². The monoisotopic (exact) mass is 724 g/mol. The normalized spacial score (nSPS) is 30.2. The Hall–Kier alpha value is -1.30. The molecule has 0 aromatic carbocycles. The Labute approximate surface area is 321 Å². The highest BCUT2D eigenvalue weighted by Gasteiger charge is 2.43. The zero-order valence-electron chi connectivity index (χ0n) is 37.8. The van der Waals surface area contributed by atoms with Gasteiger partial charge < -0.3 is 15.2 Å². The number of allylic oxidation sites excluding steroid dienone is 3. The Balaban J connectivity index is -0.000000314. The number of nitrogens with one attached hydrogen (secondary N) is 1. The van der Waals surface area contributed by atoms with E-state index in [9.17, 15) is 14.7 Å². The molecule has 1 saturated heterocycles. The zero-order chi connectivity index (χ0) is 40.7. The first kappa shape index (κ1) is 56.4. The van der Waals surface area contributed by atoms with Gasteiger partial charge in [-0.3, -0.25) is 9.59 Å². The van der Waals surface area contributed by atoms with Crippen LogP contribution in [0.5, 0.6) is 0 Å². The molecule has 0 saturated carbocycles. The Kier molecular flexibility index (Phi) is 38.1. The molecule has 0 aromatic rings. The van der Waals surface area contributed by atoms with E-state index in [1.807, 2.05) is 40.8 Å². The van der Waals surface area contributed by atoms with Crippen LogP contribution < -0.4 is 5.32 Å². The lowest BCUT2D eigenvalue weighted by atomic mass is 9.73. The highest BCUT2D eigenvalue weighted by atomic mass is 16.5. The molecule has 51 heavy (non-hydrogen) atoms. The third-order valence-electron chi connectivity index (χ3n) is 10.6. The molecule has 0 radical (unpaired) electrons. The number of rotatable bonds is 8. The molecule has 5 nitrogen and oxygen atoms in total. The second-order valence-corrected chi connectivity index (χ2v) is 15.7. The van der Waals surface area contributed by atoms with E-state index in [2.05, 4.69) is 95.0 Å². The van der Waals surface area contributed by atoms with Gasteiger partial charge in [0, 0.05) is 18.4 Å². The largest absolute Gasteiger partial charge is 0.375 e. The van der Waals surface area contributed by atoms with Crippen LogP contribution in [0.3, 0.4) is 0 Å². The fourth-order valence-electron chi connectivity index (χ4n) is 6.11. The summed E-state index contributed by atoms with van der Waals surface area (Å²) in [6.45, 7) is 38.8. The van der Waals surface area contributed by atoms with Crippen molar-refractivity contribution in [3.8, 4) is 0 Å². The number of carbonyl (C=O) groups is 2. The van der Waals surface area contributed by atoms with Gasteiger partial charge in [0.15, 0.2) is 17.2 Å². The third-order valence-corrected chi connectivity index (χ3v) is 10.6. The fourth-order valence-corrected chi connectivity index (χ4v) is 6.11. The molecule has 2 aliphatic rings. The molecule has 1 heterocycles. The van der Waals surface area contributed by atoms with E-state index in [0.717, 1.165) is 43.6 Å². The third kappa shape index (κ3) is 27.9. The quantitative estimate of drug-likeness (QED) is 0.193. The molecule has 0 aromatic heterocycles. The lowest BCUT2D eigenvalue weighted by Gasteiger charge is -2.32. The van der Waals surface area contributed by atoms with Gasteiger partial charge in [-0.1, -0.05) is 145 Å². The van der Waals surface area contributed by atoms with Crippen LogP contribution in [0.25, 0.3) is 0 Å². The first-order chi connectivity index (χ1) is 23.8. The molecule has 306 valence electrons. The van der Waals surface area contributed by atoms with E-state index in [4.69, 9.17) is 4.74 Å². The van der Waals surface area contributed by atoms with Crippen LogP contribution in [0.15, 0.2) is 23.8 Å². The lowest BCUT2D eigenvalue weighted by molar-refractivity contribution is -0.152. The summed E-state index contributed by atoms with van der Waals surface area (Å²) >= 11 is 0. The first-order valence-electron chi connectivity index (χ1n) is 21.2. The van der Waals surface area contributed by atoms with E-state index in [1.165, 1.54) is 57.4 Å². The first-order valence-corrected chi connectivity index (χ1v) is 21.2. The maximum atomic E-state index is 12.6. The topological polar surface area (TPSA) is 75.6 Å². The maximum absolute atomic E-state index is 12.6. The highest BCUT2D eigenvalue weighted by Crippen LogP contribution is 2.33. The van der Waals surface area contributed by atoms with Gasteiger partial charge in [0.05, 0.1) is 12.2 Å². The number of ketones is 2. The minimum Gasteiger partial charge on any atom is -0.375 e. The van der Waals surface area contributed by atoms with Crippen LogP contribution in [0.4, 0.5) is 0 Å². The van der Waals surface area contributed by atoms with Crippen molar-refractivity contribution in [2.24, 2.45) is 29.6 Å². The van der Waals surface area contributed by atoms with Crippen LogP contribution in [0.2, 0.25) is 0 Å². The number of aliphatic hydroxyl groups is 1. The predicted octanol–water partition coefficient (Wildman–Crippen LogP) is 13.1. The molecule has 0 amide bonds. The number of hydrogen-bond acceptors (Lipinski definition) is 5. The summed E-state index contributed by atoms with van der Waals surface area (Å²) in [5, 5.41) is 13.8. The summed E-state index contributed by atoms with van der Waals surface area (Å²) < 4.78 is 5.58. The molecule has 1 aliphatic heterocycles. The number of Topliss-reactive ketones (excluding diaryl/α,β-unsaturated/α-hetero) is 2. The molecule has 2 rings (SSSR count). The van der Waals surface area contributed by atoms with Crippen LogP contribution in [-0.2, 0) is 14.3 Å². The number of ether oxygens (including phenoxy) is 1. The fraction of sp³-hybridized carbons (Fsp3) is 0.870. The van der Waals surface area contributed by atoms with Gasteiger partial charge in [-0.25, -0.2) is 0 Å². The predicted molar refractivity (Wildman–Crippen MR) is 228 cm³/mol. The van der Waals surface area contributed by atoms with Gasteiger partial charge in [0.2, 0.25) is 0 Å². The summed E-state index contributed by atoms with van der Waals surface area (Å²) in [6.07, 6.45) is 17.8. The SMILES string of the molecule is C/C1=C(\C)CC(C)CC(C)C(C)C(C)C(=O)[C@@](C)(O)C(=O)C1.C=CCCC.CC.CCCC.CCCCC(C)CC.CNC1CC(C)OC(C)C1. The second kappa shape index (κ2) is 34.5. The molecule has 1 aliphatic carbocycles. The average Bonchev–Trinajstić information content (AvgIpc) is 3.10. The van der Waals surface area contributed by atoms with Gasteiger partial charge >= 0.3 is 0 Å². The summed E-state index contributed by atoms with van der Waals surface area (Å²) in [5.41, 5.74) is 0.316. The Morgan fingerprint density at radius 3 is 1.76 bits per heavy atom.